The maximum absolute atomic E-state index is 14.0. The highest BCUT2D eigenvalue weighted by Gasteiger charge is 2.52. The minimum Gasteiger partial charge on any atom is -0.355 e. The Morgan fingerprint density at radius 2 is 1.92 bits per heavy atom. The van der Waals surface area contributed by atoms with Crippen molar-refractivity contribution >= 4 is 56.4 Å². The molecule has 1 N–H and O–H groups in total. The monoisotopic (exact) mass is 545 g/mol. The molecule has 11 heteroatoms. The van der Waals surface area contributed by atoms with Crippen molar-refractivity contribution in [3.8, 4) is 0 Å². The first-order valence-corrected chi connectivity index (χ1v) is 13.8. The lowest BCUT2D eigenvalue weighted by Crippen LogP contribution is -2.32. The van der Waals surface area contributed by atoms with Gasteiger partial charge in [0.25, 0.3) is 5.91 Å². The molecule has 188 valence electrons. The number of hydrogen-bond acceptors (Lipinski definition) is 8. The molecule has 1 aliphatic rings. The molecule has 1 aliphatic heterocycles. The smallest absolute Gasteiger partial charge is 0.267 e. The highest BCUT2D eigenvalue weighted by molar-refractivity contribution is 7.92. The molecule has 4 rings (SSSR count). The van der Waals surface area contributed by atoms with Crippen molar-refractivity contribution in [3.05, 3.63) is 73.3 Å². The number of carbonyl (C=O) groups excluding carboxylic acids is 2. The fraction of sp³-hybridized carbons (Fsp3) is 0.280. The Hall–Kier alpha value is -3.08. The molecule has 1 unspecified atom stereocenters. The third kappa shape index (κ3) is 3.93. The molecule has 1 atom stereocenters. The predicted molar refractivity (Wildman–Crippen MR) is 140 cm³/mol. The van der Waals surface area contributed by atoms with Crippen molar-refractivity contribution in [1.29, 1.82) is 0 Å². The molecule has 3 aromatic rings. The van der Waals surface area contributed by atoms with Gasteiger partial charge in [-0.25, -0.2) is 8.42 Å². The molecule has 8 nitrogen and oxygen atoms in total. The van der Waals surface area contributed by atoms with Gasteiger partial charge < -0.3 is 9.84 Å². The van der Waals surface area contributed by atoms with Crippen LogP contribution in [0.15, 0.2) is 44.1 Å². The molecule has 36 heavy (non-hydrogen) atoms. The minimum absolute atomic E-state index is 0.0389. The summed E-state index contributed by atoms with van der Waals surface area (Å²) in [5.41, 5.74) is 3.50. The van der Waals surface area contributed by atoms with E-state index in [2.05, 4.69) is 15.5 Å². The van der Waals surface area contributed by atoms with Gasteiger partial charge in [-0.2, -0.15) is 0 Å². The molecule has 1 aromatic carbocycles. The Bertz CT molecular complexity index is 1550. The summed E-state index contributed by atoms with van der Waals surface area (Å²) in [7, 11) is -4.36. The van der Waals surface area contributed by atoms with Crippen LogP contribution in [-0.2, 0) is 14.7 Å². The first kappa shape index (κ1) is 26.0. The van der Waals surface area contributed by atoms with Crippen LogP contribution in [0.5, 0.6) is 0 Å². The summed E-state index contributed by atoms with van der Waals surface area (Å²) in [5, 5.41) is 8.14. The third-order valence-corrected chi connectivity index (χ3v) is 9.86. The van der Waals surface area contributed by atoms with Gasteiger partial charge in [-0.05, 0) is 68.0 Å². The molecule has 0 saturated carbocycles. The van der Waals surface area contributed by atoms with Crippen LogP contribution < -0.4 is 5.32 Å². The summed E-state index contributed by atoms with van der Waals surface area (Å²) in [5.74, 6) is -0.917. The number of rotatable bonds is 7. The van der Waals surface area contributed by atoms with Gasteiger partial charge in [0.05, 0.1) is 16.3 Å². The Labute approximate surface area is 218 Å². The van der Waals surface area contributed by atoms with Crippen LogP contribution in [0.2, 0.25) is 5.02 Å². The van der Waals surface area contributed by atoms with E-state index in [0.29, 0.717) is 22.5 Å². The largest absolute Gasteiger partial charge is 0.355 e. The Kier molecular flexibility index (Phi) is 6.80. The third-order valence-electron chi connectivity index (χ3n) is 6.21. The SMILES string of the molecule is CCC(=O)c1c(C)c(C)cc(C)c1NC(=O)c1sccc1S(=O)(=O)C1(c2onc(C)c2Cl)C=CC=N1. The van der Waals surface area contributed by atoms with Gasteiger partial charge in [0.2, 0.25) is 20.5 Å². The van der Waals surface area contributed by atoms with Gasteiger partial charge in [0, 0.05) is 18.2 Å². The van der Waals surface area contributed by atoms with Crippen LogP contribution in [0, 0.1) is 27.7 Å². The van der Waals surface area contributed by atoms with Crippen molar-refractivity contribution < 1.29 is 22.5 Å². The summed E-state index contributed by atoms with van der Waals surface area (Å²) in [6.07, 6.45) is 4.41. The highest BCUT2D eigenvalue weighted by atomic mass is 35.5. The van der Waals surface area contributed by atoms with Crippen LogP contribution in [-0.4, -0.2) is 31.5 Å². The fourth-order valence-electron chi connectivity index (χ4n) is 4.15. The lowest BCUT2D eigenvalue weighted by Gasteiger charge is -2.22. The van der Waals surface area contributed by atoms with E-state index in [1.807, 2.05) is 19.9 Å². The summed E-state index contributed by atoms with van der Waals surface area (Å²) >= 11 is 7.29. The number of benzene rings is 1. The molecule has 3 heterocycles. The summed E-state index contributed by atoms with van der Waals surface area (Å²) in [4.78, 5) is 28.2. The number of carbonyl (C=O) groups is 2. The zero-order valence-corrected chi connectivity index (χ0v) is 22.7. The zero-order chi connectivity index (χ0) is 26.4. The van der Waals surface area contributed by atoms with E-state index in [4.69, 9.17) is 16.1 Å². The van der Waals surface area contributed by atoms with Crippen LogP contribution in [0.3, 0.4) is 0 Å². The normalized spacial score (nSPS) is 17.1. The first-order valence-electron chi connectivity index (χ1n) is 11.1. The van der Waals surface area contributed by atoms with E-state index in [1.165, 1.54) is 29.8 Å². The zero-order valence-electron chi connectivity index (χ0n) is 20.3. The second-order valence-corrected chi connectivity index (χ2v) is 11.8. The fourth-order valence-corrected chi connectivity index (χ4v) is 7.42. The first-order chi connectivity index (χ1) is 17.0. The molecular weight excluding hydrogens is 522 g/mol. The summed E-state index contributed by atoms with van der Waals surface area (Å²) < 4.78 is 33.3. The van der Waals surface area contributed by atoms with Gasteiger partial charge in [0.15, 0.2) is 5.78 Å². The van der Waals surface area contributed by atoms with Gasteiger partial charge >= 0.3 is 0 Å². The van der Waals surface area contributed by atoms with Crippen LogP contribution in [0.4, 0.5) is 5.69 Å². The number of ketones is 1. The van der Waals surface area contributed by atoms with Crippen LogP contribution in [0.1, 0.15) is 61.5 Å². The van der Waals surface area contributed by atoms with E-state index in [9.17, 15) is 18.0 Å². The van der Waals surface area contributed by atoms with Gasteiger partial charge in [0.1, 0.15) is 9.90 Å². The van der Waals surface area contributed by atoms with Crippen molar-refractivity contribution in [3.63, 3.8) is 0 Å². The number of amides is 1. The number of aromatic nitrogens is 1. The van der Waals surface area contributed by atoms with E-state index in [-0.39, 0.29) is 32.8 Å². The lowest BCUT2D eigenvalue weighted by molar-refractivity contribution is 0.0988. The van der Waals surface area contributed by atoms with E-state index >= 15 is 0 Å². The molecule has 0 bridgehead atoms. The van der Waals surface area contributed by atoms with Crippen molar-refractivity contribution in [2.45, 2.75) is 50.8 Å². The minimum atomic E-state index is -4.36. The van der Waals surface area contributed by atoms with Crippen molar-refractivity contribution in [2.75, 3.05) is 5.32 Å². The maximum Gasteiger partial charge on any atom is 0.267 e. The van der Waals surface area contributed by atoms with E-state index in [0.717, 1.165) is 22.5 Å². The molecule has 0 radical (unpaired) electrons. The number of thiophene rings is 1. The Morgan fingerprint density at radius 1 is 1.19 bits per heavy atom. The molecular formula is C25H24ClN3O5S2. The Morgan fingerprint density at radius 3 is 2.50 bits per heavy atom. The molecule has 0 fully saturated rings. The highest BCUT2D eigenvalue weighted by Crippen LogP contribution is 2.45. The number of aliphatic imine (C=N–C) groups is 1. The van der Waals surface area contributed by atoms with Crippen molar-refractivity contribution in [1.82, 2.24) is 5.16 Å². The second-order valence-electron chi connectivity index (χ2n) is 8.48. The molecule has 1 amide bonds. The van der Waals surface area contributed by atoms with Crippen LogP contribution >= 0.6 is 22.9 Å². The molecule has 0 spiro atoms. The van der Waals surface area contributed by atoms with E-state index in [1.54, 1.807) is 20.8 Å². The quantitative estimate of drug-likeness (QED) is 0.378. The maximum atomic E-state index is 14.0. The number of Topliss-reactive ketones (excluding diaryl/α,β-unsaturated/α-hetero) is 1. The predicted octanol–water partition coefficient (Wildman–Crippen LogP) is 5.74. The number of aryl methyl sites for hydroxylation is 3. The number of allylic oxidation sites excluding steroid dienone is 1. The number of nitrogens with one attached hydrogen (secondary N) is 1. The lowest BCUT2D eigenvalue weighted by atomic mass is 9.93. The average Bonchev–Trinajstić information content (AvgIpc) is 3.59. The number of hydrogen-bond donors (Lipinski definition) is 1. The topological polar surface area (TPSA) is 119 Å². The second kappa shape index (κ2) is 9.42. The number of sulfone groups is 1. The number of nitrogens with zero attached hydrogens (tertiary/aromatic N) is 2. The van der Waals surface area contributed by atoms with Gasteiger partial charge in [-0.1, -0.05) is 29.7 Å². The Balaban J connectivity index is 1.81. The molecule has 0 aliphatic carbocycles. The van der Waals surface area contributed by atoms with Crippen LogP contribution in [0.25, 0.3) is 0 Å². The summed E-state index contributed by atoms with van der Waals surface area (Å²) in [6.45, 7) is 8.85. The molecule has 2 aromatic heterocycles. The average molecular weight is 546 g/mol. The van der Waals surface area contributed by atoms with Gasteiger partial charge in [-0.15, -0.1) is 11.3 Å². The van der Waals surface area contributed by atoms with E-state index < -0.39 is 20.6 Å². The van der Waals surface area contributed by atoms with Gasteiger partial charge in [-0.3, -0.25) is 14.6 Å². The summed E-state index contributed by atoms with van der Waals surface area (Å²) in [6, 6.07) is 3.23. The number of halogens is 1. The molecule has 0 saturated heterocycles. The van der Waals surface area contributed by atoms with Crippen molar-refractivity contribution in [2.24, 2.45) is 4.99 Å². The number of anilines is 1. The standard InChI is InChI=1S/C25H24ClN3O5S2/c1-6-17(30)19-15(4)13(2)12-14(3)21(19)28-24(31)22-18(8-11-35-22)36(32,33)25(9-7-10-27-25)23-20(26)16(5)29-34-23/h7-12H,6H2,1-5H3,(H,28,31).